The number of rotatable bonds is 5. The Kier molecular flexibility index (Phi) is 3.56. The third-order valence-corrected chi connectivity index (χ3v) is 6.55. The van der Waals surface area contributed by atoms with Crippen LogP contribution in [0.25, 0.3) is 11.1 Å². The minimum absolute atomic E-state index is 0.119. The molecule has 0 spiro atoms. The normalized spacial score (nSPS) is 25.9. The molecule has 0 unspecified atom stereocenters. The van der Waals surface area contributed by atoms with Crippen LogP contribution in [0.4, 0.5) is 0 Å². The Labute approximate surface area is 166 Å². The predicted molar refractivity (Wildman–Crippen MR) is 102 cm³/mol. The lowest BCUT2D eigenvalue weighted by atomic mass is 9.39. The Morgan fingerprint density at radius 1 is 1.21 bits per heavy atom. The van der Waals surface area contributed by atoms with E-state index in [4.69, 9.17) is 20.4 Å². The summed E-state index contributed by atoms with van der Waals surface area (Å²) in [5, 5.41) is 3.62. The van der Waals surface area contributed by atoms with Gasteiger partial charge in [-0.2, -0.15) is 0 Å². The second kappa shape index (κ2) is 5.61. The molecule has 1 aromatic carbocycles. The van der Waals surface area contributed by atoms with Gasteiger partial charge in [0.25, 0.3) is 5.91 Å². The van der Waals surface area contributed by atoms with Crippen molar-refractivity contribution >= 4 is 38.4 Å². The van der Waals surface area contributed by atoms with E-state index in [0.29, 0.717) is 16.5 Å². The first-order valence-corrected chi connectivity index (χ1v) is 11.2. The SMILES string of the molecule is CS(=O)(=O)Cc1ccc(C(=O)NC23CC(c4nc5ccc(Cl)cc5o4)(C2)C3)o1. The van der Waals surface area contributed by atoms with E-state index >= 15 is 0 Å². The molecule has 3 aliphatic carbocycles. The molecular weight excluding hydrogens is 404 g/mol. The smallest absolute Gasteiger partial charge is 0.287 e. The van der Waals surface area contributed by atoms with Crippen LogP contribution in [0.2, 0.25) is 5.02 Å². The number of hydrogen-bond donors (Lipinski definition) is 1. The highest BCUT2D eigenvalue weighted by Gasteiger charge is 2.71. The van der Waals surface area contributed by atoms with Crippen LogP contribution in [0.3, 0.4) is 0 Å². The van der Waals surface area contributed by atoms with Crippen molar-refractivity contribution in [1.29, 1.82) is 0 Å². The molecule has 7 nitrogen and oxygen atoms in total. The number of furan rings is 1. The van der Waals surface area contributed by atoms with E-state index in [9.17, 15) is 13.2 Å². The number of fused-ring (bicyclic) bond motifs is 1. The lowest BCUT2D eigenvalue weighted by molar-refractivity contribution is -0.0958. The van der Waals surface area contributed by atoms with Gasteiger partial charge in [-0.1, -0.05) is 11.6 Å². The first-order valence-electron chi connectivity index (χ1n) is 8.81. The maximum Gasteiger partial charge on any atom is 0.287 e. The number of nitrogens with zero attached hydrogens (tertiary/aromatic N) is 1. The molecule has 0 aliphatic heterocycles. The van der Waals surface area contributed by atoms with Gasteiger partial charge in [-0.15, -0.1) is 0 Å². The van der Waals surface area contributed by atoms with Crippen molar-refractivity contribution in [2.45, 2.75) is 36.0 Å². The first kappa shape index (κ1) is 17.8. The van der Waals surface area contributed by atoms with Crippen LogP contribution in [-0.2, 0) is 21.0 Å². The Balaban J connectivity index is 1.26. The van der Waals surface area contributed by atoms with Gasteiger partial charge in [0.1, 0.15) is 17.0 Å². The van der Waals surface area contributed by atoms with Gasteiger partial charge in [-0.3, -0.25) is 4.79 Å². The molecule has 2 bridgehead atoms. The van der Waals surface area contributed by atoms with E-state index in [1.54, 1.807) is 12.1 Å². The largest absolute Gasteiger partial charge is 0.455 e. The van der Waals surface area contributed by atoms with Crippen LogP contribution in [0, 0.1) is 0 Å². The van der Waals surface area contributed by atoms with E-state index in [0.717, 1.165) is 31.0 Å². The summed E-state index contributed by atoms with van der Waals surface area (Å²) in [5.41, 5.74) is 1.03. The molecule has 0 saturated heterocycles. The van der Waals surface area contributed by atoms with E-state index in [1.807, 2.05) is 6.07 Å². The van der Waals surface area contributed by atoms with Crippen molar-refractivity contribution in [3.8, 4) is 0 Å². The standard InChI is InChI=1S/C19H17ClN2O5S/c1-28(24,25)7-12-3-5-14(26-12)16(23)22-19-8-18(9-19,10-19)17-21-13-4-2-11(20)6-15(13)27-17/h2-6H,7-10H2,1H3,(H,22,23). The predicted octanol–water partition coefficient (Wildman–Crippen LogP) is 3.22. The molecule has 6 rings (SSSR count). The molecule has 0 atom stereocenters. The quantitative estimate of drug-likeness (QED) is 0.679. The topological polar surface area (TPSA) is 102 Å². The van der Waals surface area contributed by atoms with Gasteiger partial charge < -0.3 is 14.2 Å². The fourth-order valence-corrected chi connectivity index (χ4v) is 5.25. The molecule has 1 amide bonds. The van der Waals surface area contributed by atoms with Crippen molar-refractivity contribution in [3.63, 3.8) is 0 Å². The highest BCUT2D eigenvalue weighted by Crippen LogP contribution is 2.67. The number of carbonyl (C=O) groups excluding carboxylic acids is 1. The lowest BCUT2D eigenvalue weighted by Gasteiger charge is -2.68. The van der Waals surface area contributed by atoms with Crippen LogP contribution >= 0.6 is 11.6 Å². The minimum Gasteiger partial charge on any atom is -0.455 e. The number of aromatic nitrogens is 1. The first-order chi connectivity index (χ1) is 13.2. The fourth-order valence-electron chi connectivity index (χ4n) is 4.41. The van der Waals surface area contributed by atoms with Crippen molar-refractivity contribution in [2.24, 2.45) is 0 Å². The number of carbonyl (C=O) groups is 1. The van der Waals surface area contributed by atoms with E-state index in [1.165, 1.54) is 12.1 Å². The van der Waals surface area contributed by atoms with Gasteiger partial charge in [0.2, 0.25) is 5.89 Å². The second-order valence-corrected chi connectivity index (χ2v) is 10.6. The molecular formula is C19H17ClN2O5S. The number of nitrogens with one attached hydrogen (secondary N) is 1. The van der Waals surface area contributed by atoms with Gasteiger partial charge >= 0.3 is 0 Å². The van der Waals surface area contributed by atoms with E-state index in [-0.39, 0.29) is 34.1 Å². The van der Waals surface area contributed by atoms with Crippen LogP contribution in [-0.4, -0.2) is 31.1 Å². The average Bonchev–Trinajstić information content (AvgIpc) is 3.13. The number of oxazole rings is 1. The number of sulfone groups is 1. The summed E-state index contributed by atoms with van der Waals surface area (Å²) in [6, 6.07) is 8.38. The number of halogens is 1. The summed E-state index contributed by atoms with van der Waals surface area (Å²) in [7, 11) is -3.21. The molecule has 3 saturated carbocycles. The second-order valence-electron chi connectivity index (χ2n) is 8.01. The van der Waals surface area contributed by atoms with Crippen LogP contribution in [0.1, 0.15) is 41.5 Å². The third-order valence-electron chi connectivity index (χ3n) is 5.50. The van der Waals surface area contributed by atoms with E-state index < -0.39 is 9.84 Å². The third kappa shape index (κ3) is 2.82. The zero-order valence-electron chi connectivity index (χ0n) is 15.0. The molecule has 2 aromatic heterocycles. The number of amides is 1. The maximum atomic E-state index is 12.5. The molecule has 3 fully saturated rings. The Hall–Kier alpha value is -2.32. The van der Waals surface area contributed by atoms with Crippen molar-refractivity contribution in [1.82, 2.24) is 10.3 Å². The minimum atomic E-state index is -3.21. The fraction of sp³-hybridized carbons (Fsp3) is 0.368. The lowest BCUT2D eigenvalue weighted by Crippen LogP contribution is -2.76. The van der Waals surface area contributed by atoms with Gasteiger partial charge in [-0.05, 0) is 43.5 Å². The molecule has 1 N–H and O–H groups in total. The van der Waals surface area contributed by atoms with Gasteiger partial charge in [0.05, 0.1) is 5.41 Å². The average molecular weight is 421 g/mol. The number of benzene rings is 1. The molecule has 2 heterocycles. The number of hydrogen-bond acceptors (Lipinski definition) is 6. The molecule has 146 valence electrons. The Bertz CT molecular complexity index is 1210. The Morgan fingerprint density at radius 2 is 1.96 bits per heavy atom. The zero-order valence-corrected chi connectivity index (χ0v) is 16.6. The molecule has 9 heteroatoms. The summed E-state index contributed by atoms with van der Waals surface area (Å²) >= 11 is 6.00. The van der Waals surface area contributed by atoms with Crippen LogP contribution < -0.4 is 5.32 Å². The monoisotopic (exact) mass is 420 g/mol. The molecule has 28 heavy (non-hydrogen) atoms. The maximum absolute atomic E-state index is 12.5. The van der Waals surface area contributed by atoms with Crippen LogP contribution in [0.15, 0.2) is 39.2 Å². The Morgan fingerprint density at radius 3 is 2.68 bits per heavy atom. The highest BCUT2D eigenvalue weighted by molar-refractivity contribution is 7.89. The molecule has 3 aromatic rings. The molecule has 0 radical (unpaired) electrons. The summed E-state index contributed by atoms with van der Waals surface area (Å²) in [6.45, 7) is 0. The van der Waals surface area contributed by atoms with Crippen molar-refractivity contribution < 1.29 is 22.0 Å². The van der Waals surface area contributed by atoms with E-state index in [2.05, 4.69) is 10.3 Å². The van der Waals surface area contributed by atoms with Gasteiger partial charge in [0, 0.05) is 22.9 Å². The van der Waals surface area contributed by atoms with Gasteiger partial charge in [-0.25, -0.2) is 13.4 Å². The zero-order chi connectivity index (χ0) is 19.7. The van der Waals surface area contributed by atoms with Crippen LogP contribution in [0.5, 0.6) is 0 Å². The summed E-state index contributed by atoms with van der Waals surface area (Å²) in [6.07, 6.45) is 3.38. The van der Waals surface area contributed by atoms with Crippen molar-refractivity contribution in [3.05, 3.63) is 52.8 Å². The summed E-state index contributed by atoms with van der Waals surface area (Å²) in [4.78, 5) is 17.0. The van der Waals surface area contributed by atoms with Gasteiger partial charge in [0.15, 0.2) is 21.2 Å². The van der Waals surface area contributed by atoms with Crippen molar-refractivity contribution in [2.75, 3.05) is 6.26 Å². The highest BCUT2D eigenvalue weighted by atomic mass is 35.5. The molecule has 3 aliphatic rings. The summed E-state index contributed by atoms with van der Waals surface area (Å²) in [5.74, 6) is 0.503. The summed E-state index contributed by atoms with van der Waals surface area (Å²) < 4.78 is 34.0.